The van der Waals surface area contributed by atoms with Gasteiger partial charge in [0.25, 0.3) is 0 Å². The molecule has 2 aromatic carbocycles. The standard InChI is InChI=1S/C18H19F2NO2/c1-3-23-17-9-11-6-7-21-18(13(11)10-16(17)22-2)12-4-5-14(19)15(20)8-12/h4-5,8-10,18,21H,3,6-7H2,1-2H3. The molecule has 2 aromatic rings. The second-order valence-corrected chi connectivity index (χ2v) is 5.45. The third kappa shape index (κ3) is 3.01. The van der Waals surface area contributed by atoms with Gasteiger partial charge in [0.15, 0.2) is 23.1 Å². The molecule has 3 rings (SSSR count). The van der Waals surface area contributed by atoms with Crippen LogP contribution in [0.2, 0.25) is 0 Å². The van der Waals surface area contributed by atoms with Crippen LogP contribution < -0.4 is 14.8 Å². The number of fused-ring (bicyclic) bond motifs is 1. The molecular weight excluding hydrogens is 300 g/mol. The van der Waals surface area contributed by atoms with Crippen LogP contribution in [-0.4, -0.2) is 20.3 Å². The summed E-state index contributed by atoms with van der Waals surface area (Å²) >= 11 is 0. The van der Waals surface area contributed by atoms with E-state index in [1.165, 1.54) is 6.07 Å². The zero-order valence-corrected chi connectivity index (χ0v) is 13.2. The molecule has 1 aliphatic heterocycles. The number of rotatable bonds is 4. The SMILES string of the molecule is CCOc1cc2c(cc1OC)C(c1ccc(F)c(F)c1)NCC2. The van der Waals surface area contributed by atoms with Gasteiger partial charge in [-0.05, 0) is 54.3 Å². The molecular formula is C18H19F2NO2. The molecule has 1 N–H and O–H groups in total. The summed E-state index contributed by atoms with van der Waals surface area (Å²) in [6.07, 6.45) is 0.847. The summed E-state index contributed by atoms with van der Waals surface area (Å²) in [5.41, 5.74) is 2.82. The van der Waals surface area contributed by atoms with E-state index in [2.05, 4.69) is 5.32 Å². The Hall–Kier alpha value is -2.14. The molecule has 5 heteroatoms. The molecule has 1 atom stereocenters. The van der Waals surface area contributed by atoms with E-state index < -0.39 is 11.6 Å². The number of halogens is 2. The van der Waals surface area contributed by atoms with Crippen LogP contribution in [0.4, 0.5) is 8.78 Å². The average molecular weight is 319 g/mol. The second kappa shape index (κ2) is 6.54. The summed E-state index contributed by atoms with van der Waals surface area (Å²) in [5, 5.41) is 3.36. The smallest absolute Gasteiger partial charge is 0.161 e. The zero-order valence-electron chi connectivity index (χ0n) is 13.2. The van der Waals surface area contributed by atoms with Gasteiger partial charge in [0.05, 0.1) is 19.8 Å². The lowest BCUT2D eigenvalue weighted by Crippen LogP contribution is -2.30. The largest absolute Gasteiger partial charge is 0.493 e. The van der Waals surface area contributed by atoms with E-state index in [0.717, 1.165) is 30.2 Å². The van der Waals surface area contributed by atoms with E-state index in [1.807, 2.05) is 19.1 Å². The summed E-state index contributed by atoms with van der Waals surface area (Å²) < 4.78 is 37.8. The van der Waals surface area contributed by atoms with Crippen molar-refractivity contribution in [3.05, 3.63) is 58.7 Å². The third-order valence-electron chi connectivity index (χ3n) is 4.06. The van der Waals surface area contributed by atoms with Crippen LogP contribution in [0, 0.1) is 11.6 Å². The molecule has 0 bridgehead atoms. The molecule has 1 heterocycles. The number of hydrogen-bond acceptors (Lipinski definition) is 3. The van der Waals surface area contributed by atoms with Crippen molar-refractivity contribution in [2.45, 2.75) is 19.4 Å². The fourth-order valence-electron chi connectivity index (χ4n) is 2.98. The maximum absolute atomic E-state index is 13.6. The highest BCUT2D eigenvalue weighted by Crippen LogP contribution is 2.37. The van der Waals surface area contributed by atoms with E-state index in [0.29, 0.717) is 23.7 Å². The van der Waals surface area contributed by atoms with Gasteiger partial charge in [0.1, 0.15) is 0 Å². The lowest BCUT2D eigenvalue weighted by atomic mass is 9.89. The Bertz CT molecular complexity index is 718. The lowest BCUT2D eigenvalue weighted by Gasteiger charge is -2.28. The van der Waals surface area contributed by atoms with Gasteiger partial charge in [0.2, 0.25) is 0 Å². The molecule has 1 aliphatic rings. The summed E-state index contributed by atoms with van der Waals surface area (Å²) in [4.78, 5) is 0. The molecule has 23 heavy (non-hydrogen) atoms. The van der Waals surface area contributed by atoms with Crippen molar-refractivity contribution in [3.8, 4) is 11.5 Å². The summed E-state index contributed by atoms with van der Waals surface area (Å²) in [6, 6.07) is 7.70. The summed E-state index contributed by atoms with van der Waals surface area (Å²) in [5.74, 6) is -0.329. The molecule has 0 amide bonds. The van der Waals surface area contributed by atoms with Crippen LogP contribution in [-0.2, 0) is 6.42 Å². The first-order valence-corrected chi connectivity index (χ1v) is 7.66. The molecule has 0 fully saturated rings. The van der Waals surface area contributed by atoms with Crippen LogP contribution in [0.15, 0.2) is 30.3 Å². The minimum Gasteiger partial charge on any atom is -0.493 e. The second-order valence-electron chi connectivity index (χ2n) is 5.45. The molecule has 122 valence electrons. The highest BCUT2D eigenvalue weighted by Gasteiger charge is 2.24. The third-order valence-corrected chi connectivity index (χ3v) is 4.06. The zero-order chi connectivity index (χ0) is 16.4. The van der Waals surface area contributed by atoms with Crippen LogP contribution in [0.25, 0.3) is 0 Å². The van der Waals surface area contributed by atoms with E-state index >= 15 is 0 Å². The maximum atomic E-state index is 13.6. The Kier molecular flexibility index (Phi) is 4.48. The Balaban J connectivity index is 2.05. The molecule has 3 nitrogen and oxygen atoms in total. The molecule has 0 saturated heterocycles. The van der Waals surface area contributed by atoms with Gasteiger partial charge in [-0.3, -0.25) is 0 Å². The van der Waals surface area contributed by atoms with Crippen molar-refractivity contribution >= 4 is 0 Å². The minimum atomic E-state index is -0.839. The predicted octanol–water partition coefficient (Wildman–Crippen LogP) is 3.61. The Morgan fingerprint density at radius 1 is 1.13 bits per heavy atom. The quantitative estimate of drug-likeness (QED) is 0.934. The fraction of sp³-hybridized carbons (Fsp3) is 0.333. The van der Waals surface area contributed by atoms with Crippen molar-refractivity contribution in [3.63, 3.8) is 0 Å². The lowest BCUT2D eigenvalue weighted by molar-refractivity contribution is 0.309. The normalized spacial score (nSPS) is 16.8. The van der Waals surface area contributed by atoms with Gasteiger partial charge in [-0.25, -0.2) is 8.78 Å². The summed E-state index contributed by atoms with van der Waals surface area (Å²) in [7, 11) is 1.59. The van der Waals surface area contributed by atoms with Crippen LogP contribution in [0.1, 0.15) is 29.7 Å². The molecule has 0 aliphatic carbocycles. The topological polar surface area (TPSA) is 30.5 Å². The molecule has 1 unspecified atom stereocenters. The molecule has 0 spiro atoms. The monoisotopic (exact) mass is 319 g/mol. The highest BCUT2D eigenvalue weighted by molar-refractivity contribution is 5.51. The maximum Gasteiger partial charge on any atom is 0.161 e. The van der Waals surface area contributed by atoms with Gasteiger partial charge in [-0.2, -0.15) is 0 Å². The number of ether oxygens (including phenoxy) is 2. The number of nitrogens with one attached hydrogen (secondary N) is 1. The van der Waals surface area contributed by atoms with Crippen LogP contribution in [0.3, 0.4) is 0 Å². The van der Waals surface area contributed by atoms with Crippen molar-refractivity contribution in [2.75, 3.05) is 20.3 Å². The Morgan fingerprint density at radius 2 is 1.96 bits per heavy atom. The van der Waals surface area contributed by atoms with Gasteiger partial charge in [-0.15, -0.1) is 0 Å². The van der Waals surface area contributed by atoms with Crippen LogP contribution in [0.5, 0.6) is 11.5 Å². The van der Waals surface area contributed by atoms with Crippen molar-refractivity contribution in [1.82, 2.24) is 5.32 Å². The Morgan fingerprint density at radius 3 is 2.65 bits per heavy atom. The first kappa shape index (κ1) is 15.7. The van der Waals surface area contributed by atoms with Gasteiger partial charge < -0.3 is 14.8 Å². The summed E-state index contributed by atoms with van der Waals surface area (Å²) in [6.45, 7) is 3.24. The van der Waals surface area contributed by atoms with Crippen molar-refractivity contribution in [2.24, 2.45) is 0 Å². The number of benzene rings is 2. The number of hydrogen-bond donors (Lipinski definition) is 1. The number of methoxy groups -OCH3 is 1. The van der Waals surface area contributed by atoms with Crippen LogP contribution >= 0.6 is 0 Å². The molecule has 0 radical (unpaired) electrons. The van der Waals surface area contributed by atoms with E-state index in [9.17, 15) is 8.78 Å². The van der Waals surface area contributed by atoms with Crippen molar-refractivity contribution in [1.29, 1.82) is 0 Å². The van der Waals surface area contributed by atoms with Gasteiger partial charge in [0, 0.05) is 6.54 Å². The van der Waals surface area contributed by atoms with Gasteiger partial charge in [-0.1, -0.05) is 6.07 Å². The molecule has 0 saturated carbocycles. The van der Waals surface area contributed by atoms with Crippen molar-refractivity contribution < 1.29 is 18.3 Å². The van der Waals surface area contributed by atoms with E-state index in [4.69, 9.17) is 9.47 Å². The Labute approximate surface area is 134 Å². The predicted molar refractivity (Wildman–Crippen MR) is 84.1 cm³/mol. The fourth-order valence-corrected chi connectivity index (χ4v) is 2.98. The van der Waals surface area contributed by atoms with E-state index in [1.54, 1.807) is 13.2 Å². The first-order valence-electron chi connectivity index (χ1n) is 7.66. The minimum absolute atomic E-state index is 0.196. The highest BCUT2D eigenvalue weighted by atomic mass is 19.2. The first-order chi connectivity index (χ1) is 11.1. The van der Waals surface area contributed by atoms with Gasteiger partial charge >= 0.3 is 0 Å². The molecule has 0 aromatic heterocycles. The van der Waals surface area contributed by atoms with E-state index in [-0.39, 0.29) is 6.04 Å². The average Bonchev–Trinajstić information content (AvgIpc) is 2.56.